The van der Waals surface area contributed by atoms with Crippen LogP contribution < -0.4 is 4.57 Å². The van der Waals surface area contributed by atoms with E-state index in [1.807, 2.05) is 12.1 Å². The number of fused-ring (bicyclic) bond motifs is 3. The lowest BCUT2D eigenvalue weighted by Gasteiger charge is -2.08. The maximum atomic E-state index is 6.32. The number of nitrogens with zero attached hydrogens (tertiary/aromatic N) is 1. The molecule has 0 saturated carbocycles. The van der Waals surface area contributed by atoms with Crippen molar-refractivity contribution in [1.82, 2.24) is 0 Å². The van der Waals surface area contributed by atoms with E-state index < -0.39 is 0 Å². The van der Waals surface area contributed by atoms with E-state index in [4.69, 9.17) is 4.42 Å². The summed E-state index contributed by atoms with van der Waals surface area (Å²) in [4.78, 5) is 0. The molecule has 5 aromatic rings. The fourth-order valence-corrected chi connectivity index (χ4v) is 3.95. The molecule has 0 bridgehead atoms. The van der Waals surface area contributed by atoms with Gasteiger partial charge in [-0.05, 0) is 36.6 Å². The summed E-state index contributed by atoms with van der Waals surface area (Å²) in [5.74, 6) is 0. The van der Waals surface area contributed by atoms with E-state index in [-0.39, 0.29) is 0 Å². The van der Waals surface area contributed by atoms with Gasteiger partial charge in [-0.1, -0.05) is 60.2 Å². The lowest BCUT2D eigenvalue weighted by atomic mass is 9.98. The molecule has 0 aliphatic heterocycles. The van der Waals surface area contributed by atoms with Gasteiger partial charge in [0.1, 0.15) is 18.2 Å². The van der Waals surface area contributed by atoms with Crippen molar-refractivity contribution in [2.24, 2.45) is 7.05 Å². The molecule has 0 N–H and O–H groups in total. The number of furan rings is 1. The van der Waals surface area contributed by atoms with Gasteiger partial charge < -0.3 is 4.42 Å². The minimum atomic E-state index is 0.932. The summed E-state index contributed by atoms with van der Waals surface area (Å²) >= 11 is 0. The molecule has 0 saturated heterocycles. The normalized spacial score (nSPS) is 11.4. The Labute approximate surface area is 164 Å². The predicted molar refractivity (Wildman–Crippen MR) is 115 cm³/mol. The van der Waals surface area contributed by atoms with Crippen molar-refractivity contribution in [3.05, 3.63) is 90.1 Å². The first-order chi connectivity index (χ1) is 13.6. The SMILES string of the molecule is Cc1ccc(-c2cc[n+](C)c(-c3c(C)ccc4c3oc3ccccc34)c2)cc1. The van der Waals surface area contributed by atoms with Gasteiger partial charge in [-0.2, -0.15) is 0 Å². The Balaban J connectivity index is 1.79. The van der Waals surface area contributed by atoms with E-state index in [0.717, 1.165) is 33.2 Å². The van der Waals surface area contributed by atoms with E-state index in [2.05, 4.69) is 92.3 Å². The molecule has 2 aromatic heterocycles. The number of aromatic nitrogens is 1. The Kier molecular flexibility index (Phi) is 3.80. The van der Waals surface area contributed by atoms with Crippen LogP contribution in [0.15, 0.2) is 83.4 Å². The number of aryl methyl sites for hydroxylation is 3. The van der Waals surface area contributed by atoms with Gasteiger partial charge >= 0.3 is 0 Å². The molecule has 0 unspecified atom stereocenters. The zero-order valence-electron chi connectivity index (χ0n) is 16.4. The largest absolute Gasteiger partial charge is 0.455 e. The number of pyridine rings is 1. The van der Waals surface area contributed by atoms with Crippen LogP contribution in [-0.4, -0.2) is 0 Å². The first kappa shape index (κ1) is 16.8. The molecule has 5 rings (SSSR count). The third kappa shape index (κ3) is 2.61. The summed E-state index contributed by atoms with van der Waals surface area (Å²) in [5.41, 5.74) is 9.11. The highest BCUT2D eigenvalue weighted by molar-refractivity contribution is 6.09. The molecule has 2 nitrogen and oxygen atoms in total. The Morgan fingerprint density at radius 3 is 2.36 bits per heavy atom. The molecule has 0 radical (unpaired) electrons. The highest BCUT2D eigenvalue weighted by atomic mass is 16.3. The van der Waals surface area contributed by atoms with Crippen molar-refractivity contribution in [3.8, 4) is 22.4 Å². The molecule has 0 aliphatic rings. The third-order valence-electron chi connectivity index (χ3n) is 5.55. The second-order valence-electron chi connectivity index (χ2n) is 7.51. The summed E-state index contributed by atoms with van der Waals surface area (Å²) in [7, 11) is 2.09. The summed E-state index contributed by atoms with van der Waals surface area (Å²) in [5, 5.41) is 2.33. The molecule has 0 amide bonds. The predicted octanol–water partition coefficient (Wildman–Crippen LogP) is 6.36. The van der Waals surface area contributed by atoms with Crippen molar-refractivity contribution >= 4 is 21.9 Å². The first-order valence-corrected chi connectivity index (χ1v) is 9.60. The lowest BCUT2D eigenvalue weighted by molar-refractivity contribution is -0.660. The van der Waals surface area contributed by atoms with Gasteiger partial charge in [0.05, 0.1) is 5.56 Å². The number of rotatable bonds is 2. The van der Waals surface area contributed by atoms with Crippen LogP contribution >= 0.6 is 0 Å². The van der Waals surface area contributed by atoms with Crippen LogP contribution in [0.2, 0.25) is 0 Å². The topological polar surface area (TPSA) is 17.0 Å². The van der Waals surface area contributed by atoms with Crippen molar-refractivity contribution in [2.45, 2.75) is 13.8 Å². The van der Waals surface area contributed by atoms with Crippen molar-refractivity contribution in [1.29, 1.82) is 0 Å². The van der Waals surface area contributed by atoms with E-state index in [0.29, 0.717) is 0 Å². The highest BCUT2D eigenvalue weighted by Gasteiger charge is 2.21. The molecule has 136 valence electrons. The number of hydrogen-bond donors (Lipinski definition) is 0. The molecule has 0 fully saturated rings. The number of benzene rings is 3. The van der Waals surface area contributed by atoms with Gasteiger partial charge in [-0.15, -0.1) is 0 Å². The fourth-order valence-electron chi connectivity index (χ4n) is 3.95. The van der Waals surface area contributed by atoms with Crippen LogP contribution in [0.3, 0.4) is 0 Å². The van der Waals surface area contributed by atoms with Crippen molar-refractivity contribution < 1.29 is 8.98 Å². The van der Waals surface area contributed by atoms with Gasteiger partial charge in [-0.3, -0.25) is 0 Å². The Morgan fingerprint density at radius 2 is 1.54 bits per heavy atom. The van der Waals surface area contributed by atoms with Gasteiger partial charge in [0.25, 0.3) is 0 Å². The van der Waals surface area contributed by atoms with Crippen LogP contribution in [-0.2, 0) is 7.05 Å². The minimum absolute atomic E-state index is 0.932. The molecular weight excluding hydrogens is 342 g/mol. The zero-order chi connectivity index (χ0) is 19.3. The standard InChI is InChI=1S/C26H22NO/c1-17-8-11-19(12-9-17)20-14-15-27(3)23(16-20)25-18(2)10-13-22-21-6-4-5-7-24(21)28-26(22)25/h4-16H,1-3H3/q+1. The van der Waals surface area contributed by atoms with Crippen LogP contribution in [0.5, 0.6) is 0 Å². The summed E-state index contributed by atoms with van der Waals surface area (Å²) in [6.45, 7) is 4.27. The smallest absolute Gasteiger partial charge is 0.216 e. The molecule has 0 atom stereocenters. The first-order valence-electron chi connectivity index (χ1n) is 9.60. The summed E-state index contributed by atoms with van der Waals surface area (Å²) < 4.78 is 8.50. The second kappa shape index (κ2) is 6.35. The molecule has 0 spiro atoms. The quantitative estimate of drug-likeness (QED) is 0.333. The van der Waals surface area contributed by atoms with Crippen LogP contribution in [0, 0.1) is 13.8 Å². The van der Waals surface area contributed by atoms with Crippen molar-refractivity contribution in [2.75, 3.05) is 0 Å². The van der Waals surface area contributed by atoms with Crippen LogP contribution in [0.4, 0.5) is 0 Å². The molecule has 2 heterocycles. The second-order valence-corrected chi connectivity index (χ2v) is 7.51. The van der Waals surface area contributed by atoms with Gasteiger partial charge in [0, 0.05) is 22.9 Å². The molecule has 3 aromatic carbocycles. The highest BCUT2D eigenvalue weighted by Crippen LogP contribution is 2.37. The average molecular weight is 364 g/mol. The van der Waals surface area contributed by atoms with Gasteiger partial charge in [-0.25, -0.2) is 4.57 Å². The van der Waals surface area contributed by atoms with E-state index >= 15 is 0 Å². The Bertz CT molecular complexity index is 1330. The Hall–Kier alpha value is -3.39. The lowest BCUT2D eigenvalue weighted by Crippen LogP contribution is -2.30. The van der Waals surface area contributed by atoms with Crippen molar-refractivity contribution in [3.63, 3.8) is 0 Å². The van der Waals surface area contributed by atoms with Gasteiger partial charge in [0.15, 0.2) is 6.20 Å². The van der Waals surface area contributed by atoms with E-state index in [9.17, 15) is 0 Å². The zero-order valence-corrected chi connectivity index (χ0v) is 16.4. The summed E-state index contributed by atoms with van der Waals surface area (Å²) in [6.07, 6.45) is 2.13. The third-order valence-corrected chi connectivity index (χ3v) is 5.55. The van der Waals surface area contributed by atoms with Crippen LogP contribution in [0.1, 0.15) is 11.1 Å². The van der Waals surface area contributed by atoms with E-state index in [1.165, 1.54) is 22.3 Å². The fraction of sp³-hybridized carbons (Fsp3) is 0.115. The Morgan fingerprint density at radius 1 is 0.750 bits per heavy atom. The summed E-state index contributed by atoms with van der Waals surface area (Å²) in [6, 6.07) is 25.7. The van der Waals surface area contributed by atoms with Crippen LogP contribution in [0.25, 0.3) is 44.3 Å². The molecular formula is C26H22NO+. The monoisotopic (exact) mass is 364 g/mol. The van der Waals surface area contributed by atoms with E-state index in [1.54, 1.807) is 0 Å². The maximum Gasteiger partial charge on any atom is 0.216 e. The number of hydrogen-bond acceptors (Lipinski definition) is 1. The molecule has 2 heteroatoms. The average Bonchev–Trinajstić information content (AvgIpc) is 3.08. The van der Waals surface area contributed by atoms with Gasteiger partial charge in [0.2, 0.25) is 5.69 Å². The molecule has 28 heavy (non-hydrogen) atoms. The molecule has 0 aliphatic carbocycles. The number of para-hydroxylation sites is 1. The minimum Gasteiger partial charge on any atom is -0.455 e. The maximum absolute atomic E-state index is 6.32.